The maximum atomic E-state index is 9.90. The third-order valence-electron chi connectivity index (χ3n) is 4.00. The molecule has 0 radical (unpaired) electrons. The number of benzene rings is 1. The minimum Gasteiger partial charge on any atom is -0.390 e. The quantitative estimate of drug-likeness (QED) is 0.837. The molecule has 1 aromatic carbocycles. The Kier molecular flexibility index (Phi) is 3.37. The van der Waals surface area contributed by atoms with E-state index in [1.54, 1.807) is 0 Å². The predicted molar refractivity (Wildman–Crippen MR) is 72.5 cm³/mol. The molecule has 2 aliphatic rings. The van der Waals surface area contributed by atoms with E-state index in [1.165, 1.54) is 11.1 Å². The normalized spacial score (nSPS) is 22.9. The molecule has 0 atom stereocenters. The van der Waals surface area contributed by atoms with E-state index in [0.29, 0.717) is 0 Å². The first-order chi connectivity index (χ1) is 8.73. The Bertz CT molecular complexity index is 391. The molecule has 0 bridgehead atoms. The molecule has 1 saturated heterocycles. The van der Waals surface area contributed by atoms with Crippen LogP contribution in [0.15, 0.2) is 24.3 Å². The van der Waals surface area contributed by atoms with Crippen LogP contribution in [0.3, 0.4) is 0 Å². The summed E-state index contributed by atoms with van der Waals surface area (Å²) in [5.74, 6) is 0. The van der Waals surface area contributed by atoms with E-state index in [0.717, 1.165) is 52.0 Å². The molecule has 0 unspecified atom stereocenters. The summed E-state index contributed by atoms with van der Waals surface area (Å²) >= 11 is 0. The Morgan fingerprint density at radius 3 is 2.28 bits per heavy atom. The molecule has 1 saturated carbocycles. The summed E-state index contributed by atoms with van der Waals surface area (Å²) in [4.78, 5) is 2.49. The van der Waals surface area contributed by atoms with Crippen molar-refractivity contribution in [1.82, 2.24) is 10.2 Å². The van der Waals surface area contributed by atoms with Gasteiger partial charge in [0, 0.05) is 39.1 Å². The first-order valence-corrected chi connectivity index (χ1v) is 6.97. The van der Waals surface area contributed by atoms with Crippen LogP contribution in [-0.2, 0) is 13.0 Å². The van der Waals surface area contributed by atoms with Gasteiger partial charge in [-0.2, -0.15) is 0 Å². The fourth-order valence-electron chi connectivity index (χ4n) is 2.59. The van der Waals surface area contributed by atoms with E-state index in [9.17, 15) is 5.11 Å². The number of aliphatic hydroxyl groups is 1. The number of nitrogens with one attached hydrogen (secondary N) is 1. The number of hydrogen-bond donors (Lipinski definition) is 2. The van der Waals surface area contributed by atoms with Crippen LogP contribution in [0, 0.1) is 0 Å². The zero-order valence-corrected chi connectivity index (χ0v) is 10.9. The highest BCUT2D eigenvalue weighted by atomic mass is 16.3. The van der Waals surface area contributed by atoms with Gasteiger partial charge < -0.3 is 10.4 Å². The van der Waals surface area contributed by atoms with E-state index in [4.69, 9.17) is 0 Å². The molecular formula is C15H22N2O. The molecule has 2 N–H and O–H groups in total. The SMILES string of the molecule is OC1(Cc2ccc(CN3CCNCC3)cc2)CC1. The lowest BCUT2D eigenvalue weighted by atomic mass is 10.0. The van der Waals surface area contributed by atoms with Crippen LogP contribution < -0.4 is 5.32 Å². The number of piperazine rings is 1. The maximum Gasteiger partial charge on any atom is 0.0690 e. The zero-order valence-electron chi connectivity index (χ0n) is 10.9. The molecular weight excluding hydrogens is 224 g/mol. The van der Waals surface area contributed by atoms with Crippen LogP contribution in [0.5, 0.6) is 0 Å². The van der Waals surface area contributed by atoms with E-state index in [-0.39, 0.29) is 5.60 Å². The average Bonchev–Trinajstić information content (AvgIpc) is 3.11. The van der Waals surface area contributed by atoms with Gasteiger partial charge in [0.05, 0.1) is 5.60 Å². The molecule has 3 heteroatoms. The topological polar surface area (TPSA) is 35.5 Å². The van der Waals surface area contributed by atoms with Crippen molar-refractivity contribution in [2.75, 3.05) is 26.2 Å². The van der Waals surface area contributed by atoms with Crippen LogP contribution in [-0.4, -0.2) is 41.8 Å². The molecule has 2 fully saturated rings. The fourth-order valence-corrected chi connectivity index (χ4v) is 2.59. The lowest BCUT2D eigenvalue weighted by Gasteiger charge is -2.27. The van der Waals surface area contributed by atoms with Gasteiger partial charge in [0.25, 0.3) is 0 Å². The second-order valence-electron chi connectivity index (χ2n) is 5.74. The van der Waals surface area contributed by atoms with Crippen molar-refractivity contribution in [3.63, 3.8) is 0 Å². The van der Waals surface area contributed by atoms with E-state index >= 15 is 0 Å². The van der Waals surface area contributed by atoms with Gasteiger partial charge in [0.15, 0.2) is 0 Å². The fraction of sp³-hybridized carbons (Fsp3) is 0.600. The predicted octanol–water partition coefficient (Wildman–Crippen LogP) is 1.16. The minimum atomic E-state index is -0.375. The summed E-state index contributed by atoms with van der Waals surface area (Å²) in [5.41, 5.74) is 2.27. The highest BCUT2D eigenvalue weighted by molar-refractivity contribution is 5.25. The molecule has 1 aromatic rings. The lowest BCUT2D eigenvalue weighted by molar-refractivity contribution is 0.151. The Morgan fingerprint density at radius 2 is 1.67 bits per heavy atom. The highest BCUT2D eigenvalue weighted by Gasteiger charge is 2.39. The standard InChI is InChI=1S/C15H22N2O/c18-15(5-6-15)11-13-1-3-14(4-2-13)12-17-9-7-16-8-10-17/h1-4,16,18H,5-12H2. The molecule has 18 heavy (non-hydrogen) atoms. The van der Waals surface area contributed by atoms with Crippen LogP contribution >= 0.6 is 0 Å². The summed E-state index contributed by atoms with van der Waals surface area (Å²) in [6.07, 6.45) is 2.76. The van der Waals surface area contributed by atoms with Gasteiger partial charge in [0.1, 0.15) is 0 Å². The lowest BCUT2D eigenvalue weighted by Crippen LogP contribution is -2.42. The van der Waals surface area contributed by atoms with Crippen LogP contribution in [0.4, 0.5) is 0 Å². The minimum absolute atomic E-state index is 0.375. The highest BCUT2D eigenvalue weighted by Crippen LogP contribution is 2.38. The van der Waals surface area contributed by atoms with Crippen molar-refractivity contribution in [3.05, 3.63) is 35.4 Å². The number of rotatable bonds is 4. The van der Waals surface area contributed by atoms with Gasteiger partial charge in [-0.25, -0.2) is 0 Å². The smallest absolute Gasteiger partial charge is 0.0690 e. The van der Waals surface area contributed by atoms with Gasteiger partial charge in [-0.15, -0.1) is 0 Å². The molecule has 3 rings (SSSR count). The van der Waals surface area contributed by atoms with Crippen molar-refractivity contribution in [2.45, 2.75) is 31.4 Å². The summed E-state index contributed by atoms with van der Waals surface area (Å²) < 4.78 is 0. The van der Waals surface area contributed by atoms with Crippen molar-refractivity contribution >= 4 is 0 Å². The van der Waals surface area contributed by atoms with Crippen molar-refractivity contribution in [3.8, 4) is 0 Å². The molecule has 1 aliphatic heterocycles. The van der Waals surface area contributed by atoms with E-state index < -0.39 is 0 Å². The van der Waals surface area contributed by atoms with Crippen LogP contribution in [0.25, 0.3) is 0 Å². The second kappa shape index (κ2) is 5.00. The molecule has 0 spiro atoms. The molecule has 98 valence electrons. The summed E-state index contributed by atoms with van der Waals surface area (Å²) in [7, 11) is 0. The zero-order chi connectivity index (χ0) is 12.4. The van der Waals surface area contributed by atoms with E-state index in [1.807, 2.05) is 0 Å². The Labute approximate surface area is 109 Å². The van der Waals surface area contributed by atoms with Gasteiger partial charge in [0.2, 0.25) is 0 Å². The summed E-state index contributed by atoms with van der Waals surface area (Å²) in [6, 6.07) is 8.77. The maximum absolute atomic E-state index is 9.90. The number of hydrogen-bond acceptors (Lipinski definition) is 3. The van der Waals surface area contributed by atoms with Crippen molar-refractivity contribution < 1.29 is 5.11 Å². The van der Waals surface area contributed by atoms with Crippen molar-refractivity contribution in [2.24, 2.45) is 0 Å². The van der Waals surface area contributed by atoms with Crippen LogP contribution in [0.2, 0.25) is 0 Å². The Morgan fingerprint density at radius 1 is 1.06 bits per heavy atom. The van der Waals surface area contributed by atoms with Gasteiger partial charge in [-0.05, 0) is 24.0 Å². The summed E-state index contributed by atoms with van der Waals surface area (Å²) in [5, 5.41) is 13.3. The third-order valence-corrected chi connectivity index (χ3v) is 4.00. The van der Waals surface area contributed by atoms with Gasteiger partial charge in [-0.1, -0.05) is 24.3 Å². The monoisotopic (exact) mass is 246 g/mol. The average molecular weight is 246 g/mol. The first kappa shape index (κ1) is 12.2. The largest absolute Gasteiger partial charge is 0.390 e. The Hall–Kier alpha value is -0.900. The molecule has 1 heterocycles. The molecule has 0 aromatic heterocycles. The van der Waals surface area contributed by atoms with E-state index in [2.05, 4.69) is 34.5 Å². The van der Waals surface area contributed by atoms with Gasteiger partial charge in [-0.3, -0.25) is 4.90 Å². The molecule has 1 aliphatic carbocycles. The first-order valence-electron chi connectivity index (χ1n) is 6.97. The van der Waals surface area contributed by atoms with Gasteiger partial charge >= 0.3 is 0 Å². The third kappa shape index (κ3) is 3.10. The molecule has 0 amide bonds. The number of nitrogens with zero attached hydrogens (tertiary/aromatic N) is 1. The molecule has 3 nitrogen and oxygen atoms in total. The van der Waals surface area contributed by atoms with Crippen LogP contribution in [0.1, 0.15) is 24.0 Å². The second-order valence-corrected chi connectivity index (χ2v) is 5.74. The van der Waals surface area contributed by atoms with Crippen molar-refractivity contribution in [1.29, 1.82) is 0 Å². The Balaban J connectivity index is 1.56. The summed E-state index contributed by atoms with van der Waals surface area (Å²) in [6.45, 7) is 5.53.